The van der Waals surface area contributed by atoms with E-state index in [1.807, 2.05) is 72.4 Å². The monoisotopic (exact) mass is 457 g/mol. The van der Waals surface area contributed by atoms with Gasteiger partial charge in [-0.15, -0.1) is 0 Å². The number of anilines is 1. The van der Waals surface area contributed by atoms with Gasteiger partial charge >= 0.3 is 0 Å². The zero-order chi connectivity index (χ0) is 22.4. The molecular weight excluding hydrogens is 438 g/mol. The van der Waals surface area contributed by atoms with Crippen LogP contribution in [-0.4, -0.2) is 26.4 Å². The predicted octanol–water partition coefficient (Wildman–Crippen LogP) is 5.29. The summed E-state index contributed by atoms with van der Waals surface area (Å²) in [5.74, 6) is 2.16. The van der Waals surface area contributed by atoms with E-state index in [9.17, 15) is 0 Å². The summed E-state index contributed by atoms with van der Waals surface area (Å²) in [6.45, 7) is 2.53. The van der Waals surface area contributed by atoms with Crippen LogP contribution in [0, 0.1) is 0 Å². The quantitative estimate of drug-likeness (QED) is 0.449. The normalized spacial score (nSPS) is 18.5. The number of hydrogen-bond acceptors (Lipinski definition) is 6. The number of hydrogen-bond donors (Lipinski definition) is 1. The van der Waals surface area contributed by atoms with E-state index in [1.54, 1.807) is 12.5 Å². The lowest BCUT2D eigenvalue weighted by atomic mass is 9.85. The SMILES string of the molecule is CCOc1ccccc1C1Oc2ccc(Cl)cc2C2=C1C(c1cccnc1)n1ncnc1N2. The molecule has 0 saturated heterocycles. The molecule has 2 unspecified atom stereocenters. The molecule has 1 N–H and O–H groups in total. The third kappa shape index (κ3) is 3.24. The van der Waals surface area contributed by atoms with E-state index in [0.717, 1.165) is 39.5 Å². The van der Waals surface area contributed by atoms with Crippen LogP contribution in [0.3, 0.4) is 0 Å². The van der Waals surface area contributed by atoms with Crippen LogP contribution in [0.25, 0.3) is 5.70 Å². The highest BCUT2D eigenvalue weighted by Crippen LogP contribution is 2.52. The van der Waals surface area contributed by atoms with Gasteiger partial charge in [0, 0.05) is 34.1 Å². The van der Waals surface area contributed by atoms with Gasteiger partial charge in [0.1, 0.15) is 23.9 Å². The minimum atomic E-state index is -0.425. The molecule has 6 rings (SSSR count). The van der Waals surface area contributed by atoms with Crippen molar-refractivity contribution in [1.82, 2.24) is 19.7 Å². The summed E-state index contributed by atoms with van der Waals surface area (Å²) in [6.07, 6.45) is 4.74. The van der Waals surface area contributed by atoms with Crippen molar-refractivity contribution in [2.75, 3.05) is 11.9 Å². The second-order valence-electron chi connectivity index (χ2n) is 7.78. The minimum absolute atomic E-state index is 0.278. The number of rotatable bonds is 4. The fourth-order valence-corrected chi connectivity index (χ4v) is 4.71. The van der Waals surface area contributed by atoms with Crippen molar-refractivity contribution >= 4 is 23.2 Å². The summed E-state index contributed by atoms with van der Waals surface area (Å²) in [6, 6.07) is 17.3. The Kier molecular flexibility index (Phi) is 4.77. The molecule has 7 nitrogen and oxygen atoms in total. The van der Waals surface area contributed by atoms with Crippen molar-refractivity contribution in [3.8, 4) is 11.5 Å². The molecule has 8 heteroatoms. The first-order chi connectivity index (χ1) is 16.2. The first kappa shape index (κ1) is 19.8. The van der Waals surface area contributed by atoms with E-state index in [4.69, 9.17) is 21.1 Å². The Morgan fingerprint density at radius 1 is 1.15 bits per heavy atom. The van der Waals surface area contributed by atoms with Crippen molar-refractivity contribution in [2.45, 2.75) is 19.1 Å². The van der Waals surface area contributed by atoms with Crippen LogP contribution >= 0.6 is 11.6 Å². The van der Waals surface area contributed by atoms with Crippen molar-refractivity contribution < 1.29 is 9.47 Å². The topological polar surface area (TPSA) is 74.1 Å². The molecule has 2 atom stereocenters. The van der Waals surface area contributed by atoms with Gasteiger partial charge in [-0.1, -0.05) is 35.9 Å². The molecular formula is C25H20ClN5O2. The molecule has 0 bridgehead atoms. The number of nitrogens with one attached hydrogen (secondary N) is 1. The predicted molar refractivity (Wildman–Crippen MR) is 125 cm³/mol. The van der Waals surface area contributed by atoms with E-state index < -0.39 is 6.10 Å². The maximum atomic E-state index is 6.65. The van der Waals surface area contributed by atoms with Crippen LogP contribution in [0.15, 0.2) is 78.9 Å². The number of para-hydroxylation sites is 1. The minimum Gasteiger partial charge on any atom is -0.493 e. The highest BCUT2D eigenvalue weighted by atomic mass is 35.5. The third-order valence-corrected chi connectivity index (χ3v) is 6.11. The summed E-state index contributed by atoms with van der Waals surface area (Å²) in [5, 5.41) is 8.65. The lowest BCUT2D eigenvalue weighted by Crippen LogP contribution is -2.32. The average Bonchev–Trinajstić information content (AvgIpc) is 3.32. The average molecular weight is 458 g/mol. The Balaban J connectivity index is 1.64. The summed E-state index contributed by atoms with van der Waals surface area (Å²) >= 11 is 6.39. The van der Waals surface area contributed by atoms with Crippen molar-refractivity contribution in [3.05, 3.63) is 101 Å². The van der Waals surface area contributed by atoms with Gasteiger partial charge in [0.25, 0.3) is 0 Å². The molecule has 0 aliphatic carbocycles. The molecule has 0 spiro atoms. The number of pyridine rings is 1. The zero-order valence-electron chi connectivity index (χ0n) is 17.8. The molecule has 33 heavy (non-hydrogen) atoms. The van der Waals surface area contributed by atoms with Gasteiger partial charge in [0.05, 0.1) is 12.3 Å². The molecule has 2 aliphatic heterocycles. The second-order valence-corrected chi connectivity index (χ2v) is 8.22. The third-order valence-electron chi connectivity index (χ3n) is 5.88. The Hall–Kier alpha value is -3.84. The molecule has 164 valence electrons. The molecule has 4 heterocycles. The summed E-state index contributed by atoms with van der Waals surface area (Å²) in [5.41, 5.74) is 4.69. The highest BCUT2D eigenvalue weighted by molar-refractivity contribution is 6.30. The summed E-state index contributed by atoms with van der Waals surface area (Å²) < 4.78 is 14.5. The number of fused-ring (bicyclic) bond motifs is 3. The van der Waals surface area contributed by atoms with Gasteiger partial charge in [-0.05, 0) is 42.8 Å². The number of ether oxygens (including phenoxy) is 2. The van der Waals surface area contributed by atoms with Crippen molar-refractivity contribution in [2.24, 2.45) is 0 Å². The lowest BCUT2D eigenvalue weighted by Gasteiger charge is -2.39. The van der Waals surface area contributed by atoms with Gasteiger partial charge in [-0.25, -0.2) is 4.68 Å². The molecule has 4 aromatic rings. The van der Waals surface area contributed by atoms with Crippen LogP contribution in [0.2, 0.25) is 5.02 Å². The molecule has 2 aliphatic rings. The first-order valence-electron chi connectivity index (χ1n) is 10.7. The fraction of sp³-hybridized carbons (Fsp3) is 0.160. The summed E-state index contributed by atoms with van der Waals surface area (Å²) in [7, 11) is 0. The number of benzene rings is 2. The Morgan fingerprint density at radius 3 is 2.91 bits per heavy atom. The fourth-order valence-electron chi connectivity index (χ4n) is 4.54. The first-order valence-corrected chi connectivity index (χ1v) is 11.1. The smallest absolute Gasteiger partial charge is 0.226 e. The molecule has 0 radical (unpaired) electrons. The van der Waals surface area contributed by atoms with Crippen LogP contribution in [0.4, 0.5) is 5.95 Å². The van der Waals surface area contributed by atoms with E-state index >= 15 is 0 Å². The molecule has 2 aromatic heterocycles. The van der Waals surface area contributed by atoms with E-state index in [2.05, 4.69) is 20.4 Å². The van der Waals surface area contributed by atoms with Gasteiger partial charge in [0.15, 0.2) is 6.10 Å². The Bertz CT molecular complexity index is 1370. The molecule has 0 saturated carbocycles. The second kappa shape index (κ2) is 7.94. The van der Waals surface area contributed by atoms with Crippen LogP contribution in [-0.2, 0) is 0 Å². The number of halogens is 1. The molecule has 0 amide bonds. The highest BCUT2D eigenvalue weighted by Gasteiger charge is 2.42. The van der Waals surface area contributed by atoms with Gasteiger partial charge in [-0.3, -0.25) is 4.98 Å². The number of aromatic nitrogens is 4. The van der Waals surface area contributed by atoms with Gasteiger partial charge < -0.3 is 14.8 Å². The largest absolute Gasteiger partial charge is 0.493 e. The summed E-state index contributed by atoms with van der Waals surface area (Å²) in [4.78, 5) is 8.82. The van der Waals surface area contributed by atoms with E-state index in [-0.39, 0.29) is 6.04 Å². The van der Waals surface area contributed by atoms with Gasteiger partial charge in [-0.2, -0.15) is 10.1 Å². The Labute approximate surface area is 195 Å². The maximum Gasteiger partial charge on any atom is 0.226 e. The maximum absolute atomic E-state index is 6.65. The zero-order valence-corrected chi connectivity index (χ0v) is 18.5. The molecule has 0 fully saturated rings. The number of nitrogens with zero attached hydrogens (tertiary/aromatic N) is 4. The van der Waals surface area contributed by atoms with E-state index in [0.29, 0.717) is 17.6 Å². The van der Waals surface area contributed by atoms with Crippen molar-refractivity contribution in [3.63, 3.8) is 0 Å². The standard InChI is InChI=1S/C25H20ClN5O2/c1-2-32-19-8-4-3-7-17(19)24-21-22(18-12-16(26)9-10-20(18)33-24)30-25-28-14-29-31(25)23(21)15-6-5-11-27-13-15/h3-14,23-24H,2H2,1H3,(H,28,29,30). The molecule has 2 aromatic carbocycles. The van der Waals surface area contributed by atoms with Gasteiger partial charge in [0.2, 0.25) is 5.95 Å². The van der Waals surface area contributed by atoms with Crippen LogP contribution in [0.5, 0.6) is 11.5 Å². The van der Waals surface area contributed by atoms with Crippen molar-refractivity contribution in [1.29, 1.82) is 0 Å². The van der Waals surface area contributed by atoms with Crippen LogP contribution in [0.1, 0.15) is 35.8 Å². The van der Waals surface area contributed by atoms with Crippen LogP contribution < -0.4 is 14.8 Å². The lowest BCUT2D eigenvalue weighted by molar-refractivity contribution is 0.215. The Morgan fingerprint density at radius 2 is 2.06 bits per heavy atom. The van der Waals surface area contributed by atoms with E-state index in [1.165, 1.54) is 0 Å².